The Balaban J connectivity index is 1.95. The van der Waals surface area contributed by atoms with Crippen molar-refractivity contribution in [2.45, 2.75) is 12.8 Å². The van der Waals surface area contributed by atoms with Crippen LogP contribution in [0.15, 0.2) is 28.7 Å². The summed E-state index contributed by atoms with van der Waals surface area (Å²) in [6.45, 7) is 2.21. The van der Waals surface area contributed by atoms with Gasteiger partial charge in [-0.2, -0.15) is 0 Å². The van der Waals surface area contributed by atoms with Gasteiger partial charge >= 0.3 is 0 Å². The Bertz CT molecular complexity index is 722. The first kappa shape index (κ1) is 10.3. The largest absolute Gasteiger partial charge is 0.439 e. The highest BCUT2D eigenvalue weighted by atomic mass is 32.1. The molecule has 0 amide bonds. The van der Waals surface area contributed by atoms with E-state index in [0.717, 1.165) is 34.3 Å². The number of hydrogen-bond donors (Lipinski definition) is 1. The van der Waals surface area contributed by atoms with Crippen LogP contribution in [0.25, 0.3) is 21.1 Å². The van der Waals surface area contributed by atoms with Crippen molar-refractivity contribution in [3.05, 3.63) is 24.3 Å². The number of anilines is 2. The summed E-state index contributed by atoms with van der Waals surface area (Å²) >= 11 is 1.60. The fourth-order valence-corrected chi connectivity index (χ4v) is 3.61. The van der Waals surface area contributed by atoms with Crippen LogP contribution in [-0.2, 0) is 0 Å². The average molecular weight is 258 g/mol. The van der Waals surface area contributed by atoms with Gasteiger partial charge in [-0.25, -0.2) is 0 Å². The first-order chi connectivity index (χ1) is 8.81. The maximum atomic E-state index is 6.06. The van der Waals surface area contributed by atoms with Crippen LogP contribution in [0.2, 0.25) is 0 Å². The van der Waals surface area contributed by atoms with Crippen molar-refractivity contribution in [3.63, 3.8) is 0 Å². The molecule has 2 aromatic heterocycles. The van der Waals surface area contributed by atoms with Crippen LogP contribution in [0.3, 0.4) is 0 Å². The molecule has 3 aromatic rings. The van der Waals surface area contributed by atoms with Gasteiger partial charge in [0.2, 0.25) is 0 Å². The molecule has 3 nitrogen and oxygen atoms in total. The molecule has 4 rings (SSSR count). The standard InChI is InChI=1S/C14H14N2OS/c15-11-7-10-4-3-9-8-12(16-5-1-2-6-16)17-13(9)14(10)18-11/h3-4,7-8H,1-2,5-6,15H2. The van der Waals surface area contributed by atoms with Crippen molar-refractivity contribution >= 4 is 43.3 Å². The summed E-state index contributed by atoms with van der Waals surface area (Å²) in [7, 11) is 0. The molecular formula is C14H14N2OS. The zero-order valence-electron chi connectivity index (χ0n) is 9.98. The van der Waals surface area contributed by atoms with E-state index in [2.05, 4.69) is 23.1 Å². The highest BCUT2D eigenvalue weighted by molar-refractivity contribution is 7.23. The Hall–Kier alpha value is -1.68. The molecule has 2 N–H and O–H groups in total. The van der Waals surface area contributed by atoms with Gasteiger partial charge in [0.1, 0.15) is 0 Å². The number of fused-ring (bicyclic) bond motifs is 3. The van der Waals surface area contributed by atoms with Crippen molar-refractivity contribution in [1.29, 1.82) is 0 Å². The maximum absolute atomic E-state index is 6.06. The maximum Gasteiger partial charge on any atom is 0.196 e. The number of nitrogen functional groups attached to an aromatic ring is 1. The van der Waals surface area contributed by atoms with Gasteiger partial charge < -0.3 is 15.1 Å². The number of nitrogens with two attached hydrogens (primary N) is 1. The molecule has 0 saturated carbocycles. The predicted molar refractivity (Wildman–Crippen MR) is 77.5 cm³/mol. The van der Waals surface area contributed by atoms with Gasteiger partial charge in [0.25, 0.3) is 0 Å². The third-order valence-corrected chi connectivity index (χ3v) is 4.57. The van der Waals surface area contributed by atoms with E-state index < -0.39 is 0 Å². The molecule has 0 radical (unpaired) electrons. The molecule has 0 bridgehead atoms. The van der Waals surface area contributed by atoms with Gasteiger partial charge in [0.15, 0.2) is 11.5 Å². The van der Waals surface area contributed by atoms with E-state index in [9.17, 15) is 0 Å². The lowest BCUT2D eigenvalue weighted by Crippen LogP contribution is -2.16. The molecule has 1 saturated heterocycles. The number of furan rings is 1. The molecule has 1 aliphatic rings. The molecule has 0 atom stereocenters. The molecule has 18 heavy (non-hydrogen) atoms. The minimum atomic E-state index is 0.844. The molecule has 0 aliphatic carbocycles. The summed E-state index contributed by atoms with van der Waals surface area (Å²) in [6, 6.07) is 8.40. The van der Waals surface area contributed by atoms with Crippen molar-refractivity contribution in [2.75, 3.05) is 23.7 Å². The lowest BCUT2D eigenvalue weighted by atomic mass is 10.2. The van der Waals surface area contributed by atoms with Gasteiger partial charge in [-0.1, -0.05) is 12.1 Å². The molecule has 0 spiro atoms. The van der Waals surface area contributed by atoms with Crippen LogP contribution in [0.1, 0.15) is 12.8 Å². The summed E-state index contributed by atoms with van der Waals surface area (Å²) < 4.78 is 7.22. The zero-order chi connectivity index (χ0) is 12.1. The second-order valence-corrected chi connectivity index (χ2v) is 5.91. The van der Waals surface area contributed by atoms with Crippen molar-refractivity contribution in [3.8, 4) is 0 Å². The average Bonchev–Trinajstić information content (AvgIpc) is 3.05. The van der Waals surface area contributed by atoms with Crippen LogP contribution in [0, 0.1) is 0 Å². The Morgan fingerprint density at radius 3 is 2.72 bits per heavy atom. The molecule has 3 heterocycles. The number of nitrogens with zero attached hydrogens (tertiary/aromatic N) is 1. The Morgan fingerprint density at radius 1 is 1.11 bits per heavy atom. The summed E-state index contributed by atoms with van der Waals surface area (Å²) in [5.41, 5.74) is 6.86. The topological polar surface area (TPSA) is 42.4 Å². The van der Waals surface area contributed by atoms with Crippen LogP contribution in [0.4, 0.5) is 10.9 Å². The van der Waals surface area contributed by atoms with Crippen molar-refractivity contribution in [1.82, 2.24) is 0 Å². The minimum Gasteiger partial charge on any atom is -0.439 e. The van der Waals surface area contributed by atoms with Crippen LogP contribution < -0.4 is 10.6 Å². The van der Waals surface area contributed by atoms with Gasteiger partial charge in [-0.15, -0.1) is 11.3 Å². The van der Waals surface area contributed by atoms with E-state index in [1.165, 1.54) is 23.6 Å². The van der Waals surface area contributed by atoms with Gasteiger partial charge in [-0.05, 0) is 24.3 Å². The molecule has 1 fully saturated rings. The summed E-state index contributed by atoms with van der Waals surface area (Å²) in [4.78, 5) is 2.32. The molecule has 1 aromatic carbocycles. The predicted octanol–water partition coefficient (Wildman–Crippen LogP) is 3.83. The van der Waals surface area contributed by atoms with Gasteiger partial charge in [0.05, 0.1) is 9.70 Å². The van der Waals surface area contributed by atoms with Crippen molar-refractivity contribution in [2.24, 2.45) is 0 Å². The first-order valence-electron chi connectivity index (χ1n) is 6.28. The highest BCUT2D eigenvalue weighted by Gasteiger charge is 2.17. The zero-order valence-corrected chi connectivity index (χ0v) is 10.8. The summed E-state index contributed by atoms with van der Waals surface area (Å²) in [5.74, 6) is 1.00. The second kappa shape index (κ2) is 3.65. The number of benzene rings is 1. The molecular weight excluding hydrogens is 244 g/mol. The van der Waals surface area contributed by atoms with Crippen molar-refractivity contribution < 1.29 is 4.42 Å². The van der Waals surface area contributed by atoms with E-state index in [1.54, 1.807) is 11.3 Å². The first-order valence-corrected chi connectivity index (χ1v) is 7.09. The lowest BCUT2D eigenvalue weighted by Gasteiger charge is -2.12. The summed E-state index contributed by atoms with van der Waals surface area (Å²) in [6.07, 6.45) is 2.52. The van der Waals surface area contributed by atoms with Gasteiger partial charge in [0, 0.05) is 24.5 Å². The van der Waals surface area contributed by atoms with Crippen LogP contribution >= 0.6 is 11.3 Å². The molecule has 92 valence electrons. The van der Waals surface area contributed by atoms with Gasteiger partial charge in [-0.3, -0.25) is 0 Å². The lowest BCUT2D eigenvalue weighted by molar-refractivity contribution is 0.602. The van der Waals surface area contributed by atoms with E-state index in [0.29, 0.717) is 0 Å². The molecule has 1 aliphatic heterocycles. The van der Waals surface area contributed by atoms with E-state index >= 15 is 0 Å². The second-order valence-electron chi connectivity index (χ2n) is 4.83. The fourth-order valence-electron chi connectivity index (χ4n) is 2.69. The fraction of sp³-hybridized carbons (Fsp3) is 0.286. The van der Waals surface area contributed by atoms with Crippen LogP contribution in [0.5, 0.6) is 0 Å². The van der Waals surface area contributed by atoms with E-state index in [4.69, 9.17) is 10.2 Å². The minimum absolute atomic E-state index is 0.844. The number of hydrogen-bond acceptors (Lipinski definition) is 4. The molecule has 4 heteroatoms. The van der Waals surface area contributed by atoms with E-state index in [1.807, 2.05) is 6.07 Å². The summed E-state index contributed by atoms with van der Waals surface area (Å²) in [5, 5.41) is 3.19. The number of thiophene rings is 1. The molecule has 0 unspecified atom stereocenters. The monoisotopic (exact) mass is 258 g/mol. The Kier molecular flexibility index (Phi) is 2.08. The van der Waals surface area contributed by atoms with E-state index in [-0.39, 0.29) is 0 Å². The third kappa shape index (κ3) is 1.42. The van der Waals surface area contributed by atoms with Crippen LogP contribution in [-0.4, -0.2) is 13.1 Å². The Morgan fingerprint density at radius 2 is 1.89 bits per heavy atom. The SMILES string of the molecule is Nc1cc2ccc3cc(N4CCCC4)oc3c2s1. The number of rotatable bonds is 1. The smallest absolute Gasteiger partial charge is 0.196 e. The highest BCUT2D eigenvalue weighted by Crippen LogP contribution is 2.38. The quantitative estimate of drug-likeness (QED) is 0.721. The third-order valence-electron chi connectivity index (χ3n) is 3.59. The normalized spacial score (nSPS) is 16.1. The Labute approximate surface area is 109 Å².